The second-order valence-corrected chi connectivity index (χ2v) is 5.89. The molecule has 0 aromatic heterocycles. The molecule has 2 aromatic carbocycles. The summed E-state index contributed by atoms with van der Waals surface area (Å²) in [6.07, 6.45) is 2.10. The Balaban J connectivity index is 1.64. The van der Waals surface area contributed by atoms with Crippen LogP contribution < -0.4 is 0 Å². The number of nitrogens with zero attached hydrogens (tertiary/aromatic N) is 1. The summed E-state index contributed by atoms with van der Waals surface area (Å²) in [6.45, 7) is 0.723. The standard InChI is InChI=1S/C18H17NO/c20-17-18(11-12-18)16(15-9-5-2-6-10-15)19(17)13-14-7-3-1-4-8-14/h1-10,16H,11-13H2. The number of likely N-dealkylation sites (tertiary alicyclic amines) is 1. The van der Waals surface area contributed by atoms with Gasteiger partial charge in [0.15, 0.2) is 0 Å². The van der Waals surface area contributed by atoms with E-state index in [4.69, 9.17) is 0 Å². The molecule has 1 saturated carbocycles. The van der Waals surface area contributed by atoms with Gasteiger partial charge in [-0.3, -0.25) is 4.79 Å². The fraction of sp³-hybridized carbons (Fsp3) is 0.278. The second kappa shape index (κ2) is 4.20. The molecule has 2 heteroatoms. The minimum absolute atomic E-state index is 0.0594. The largest absolute Gasteiger partial charge is 0.330 e. The first-order valence-corrected chi connectivity index (χ1v) is 7.21. The zero-order valence-corrected chi connectivity index (χ0v) is 11.3. The lowest BCUT2D eigenvalue weighted by Crippen LogP contribution is -2.55. The van der Waals surface area contributed by atoms with Crippen LogP contribution in [-0.4, -0.2) is 10.8 Å². The molecule has 2 aromatic rings. The van der Waals surface area contributed by atoms with Crippen LogP contribution in [-0.2, 0) is 11.3 Å². The van der Waals surface area contributed by atoms with Crippen molar-refractivity contribution in [3.8, 4) is 0 Å². The minimum Gasteiger partial charge on any atom is -0.330 e. The Morgan fingerprint density at radius 1 is 0.950 bits per heavy atom. The van der Waals surface area contributed by atoms with Gasteiger partial charge in [0.05, 0.1) is 11.5 Å². The number of β-lactam (4-membered cyclic amide) rings is 1. The number of hydrogen-bond acceptors (Lipinski definition) is 1. The van der Waals surface area contributed by atoms with Crippen molar-refractivity contribution in [3.05, 3.63) is 71.8 Å². The van der Waals surface area contributed by atoms with Gasteiger partial charge in [0, 0.05) is 6.54 Å². The predicted molar refractivity (Wildman–Crippen MR) is 77.8 cm³/mol. The Hall–Kier alpha value is -2.09. The Morgan fingerprint density at radius 2 is 1.55 bits per heavy atom. The van der Waals surface area contributed by atoms with Gasteiger partial charge in [0.1, 0.15) is 0 Å². The fourth-order valence-corrected chi connectivity index (χ4v) is 3.45. The summed E-state index contributed by atoms with van der Waals surface area (Å²) in [5, 5.41) is 0. The molecule has 100 valence electrons. The molecule has 1 aliphatic heterocycles. The van der Waals surface area contributed by atoms with Crippen molar-refractivity contribution in [1.29, 1.82) is 0 Å². The summed E-state index contributed by atoms with van der Waals surface area (Å²) in [5.74, 6) is 0.343. The van der Waals surface area contributed by atoms with E-state index in [0.717, 1.165) is 19.4 Å². The number of rotatable bonds is 3. The Bertz CT molecular complexity index is 631. The van der Waals surface area contributed by atoms with Crippen molar-refractivity contribution >= 4 is 5.91 Å². The molecule has 1 spiro atoms. The van der Waals surface area contributed by atoms with Gasteiger partial charge < -0.3 is 4.90 Å². The quantitative estimate of drug-likeness (QED) is 0.775. The minimum atomic E-state index is -0.0594. The lowest BCUT2D eigenvalue weighted by molar-refractivity contribution is -0.162. The van der Waals surface area contributed by atoms with E-state index in [1.54, 1.807) is 0 Å². The van der Waals surface area contributed by atoms with Gasteiger partial charge in [-0.05, 0) is 24.0 Å². The van der Waals surface area contributed by atoms with Crippen LogP contribution in [0.4, 0.5) is 0 Å². The number of carbonyl (C=O) groups is 1. The summed E-state index contributed by atoms with van der Waals surface area (Å²) in [5.41, 5.74) is 2.42. The van der Waals surface area contributed by atoms with Crippen molar-refractivity contribution in [2.45, 2.75) is 25.4 Å². The molecule has 0 radical (unpaired) electrons. The molecular weight excluding hydrogens is 246 g/mol. The number of benzene rings is 2. The van der Waals surface area contributed by atoms with Crippen LogP contribution in [0, 0.1) is 5.41 Å². The highest BCUT2D eigenvalue weighted by Gasteiger charge is 2.67. The molecule has 4 rings (SSSR count). The molecule has 1 unspecified atom stereocenters. The Morgan fingerprint density at radius 3 is 2.15 bits per heavy atom. The summed E-state index contributed by atoms with van der Waals surface area (Å²) in [6, 6.07) is 21.0. The van der Waals surface area contributed by atoms with Crippen LogP contribution in [0.25, 0.3) is 0 Å². The first-order valence-electron chi connectivity index (χ1n) is 7.21. The maximum Gasteiger partial charge on any atom is 0.232 e. The monoisotopic (exact) mass is 263 g/mol. The van der Waals surface area contributed by atoms with Gasteiger partial charge in [-0.15, -0.1) is 0 Å². The maximum absolute atomic E-state index is 12.5. The second-order valence-electron chi connectivity index (χ2n) is 5.89. The van der Waals surface area contributed by atoms with E-state index in [-0.39, 0.29) is 11.5 Å². The van der Waals surface area contributed by atoms with Crippen LogP contribution in [0.5, 0.6) is 0 Å². The summed E-state index contributed by atoms with van der Waals surface area (Å²) < 4.78 is 0. The van der Waals surface area contributed by atoms with Gasteiger partial charge in [0.2, 0.25) is 5.91 Å². The molecule has 1 amide bonds. The van der Waals surface area contributed by atoms with Crippen LogP contribution in [0.15, 0.2) is 60.7 Å². The average Bonchev–Trinajstić information content (AvgIpc) is 3.31. The van der Waals surface area contributed by atoms with E-state index >= 15 is 0 Å². The van der Waals surface area contributed by atoms with Crippen LogP contribution >= 0.6 is 0 Å². The SMILES string of the molecule is O=C1N(Cc2ccccc2)C(c2ccccc2)C12CC2. The molecule has 1 atom stereocenters. The lowest BCUT2D eigenvalue weighted by atomic mass is 9.79. The molecule has 2 nitrogen and oxygen atoms in total. The molecule has 2 fully saturated rings. The number of amides is 1. The topological polar surface area (TPSA) is 20.3 Å². The lowest BCUT2D eigenvalue weighted by Gasteiger charge is -2.48. The van der Waals surface area contributed by atoms with Crippen LogP contribution in [0.3, 0.4) is 0 Å². The summed E-state index contributed by atoms with van der Waals surface area (Å²) >= 11 is 0. The first-order chi connectivity index (χ1) is 9.81. The highest BCUT2D eigenvalue weighted by atomic mass is 16.2. The number of carbonyl (C=O) groups excluding carboxylic acids is 1. The van der Waals surface area contributed by atoms with Crippen molar-refractivity contribution < 1.29 is 4.79 Å². The molecule has 20 heavy (non-hydrogen) atoms. The molecule has 2 aliphatic rings. The Kier molecular flexibility index (Phi) is 2.46. The van der Waals surface area contributed by atoms with Gasteiger partial charge in [-0.1, -0.05) is 60.7 Å². The van der Waals surface area contributed by atoms with E-state index in [0.29, 0.717) is 5.91 Å². The normalized spacial score (nSPS) is 22.7. The third-order valence-electron chi connectivity index (χ3n) is 4.62. The molecule has 1 aliphatic carbocycles. The maximum atomic E-state index is 12.5. The van der Waals surface area contributed by atoms with E-state index in [1.165, 1.54) is 11.1 Å². The van der Waals surface area contributed by atoms with Crippen molar-refractivity contribution in [2.75, 3.05) is 0 Å². The van der Waals surface area contributed by atoms with Gasteiger partial charge in [-0.2, -0.15) is 0 Å². The first kappa shape index (κ1) is 11.7. The zero-order chi connectivity index (χ0) is 13.6. The molecule has 1 heterocycles. The van der Waals surface area contributed by atoms with Crippen LogP contribution in [0.2, 0.25) is 0 Å². The molecule has 1 saturated heterocycles. The van der Waals surface area contributed by atoms with Crippen molar-refractivity contribution in [3.63, 3.8) is 0 Å². The third-order valence-corrected chi connectivity index (χ3v) is 4.62. The summed E-state index contributed by atoms with van der Waals surface area (Å²) in [7, 11) is 0. The highest BCUT2D eigenvalue weighted by Crippen LogP contribution is 2.65. The van der Waals surface area contributed by atoms with Gasteiger partial charge in [-0.25, -0.2) is 0 Å². The fourth-order valence-electron chi connectivity index (χ4n) is 3.45. The van der Waals surface area contributed by atoms with Gasteiger partial charge >= 0.3 is 0 Å². The molecular formula is C18H17NO. The van der Waals surface area contributed by atoms with E-state index in [9.17, 15) is 4.79 Å². The predicted octanol–water partition coefficient (Wildman–Crippen LogP) is 3.55. The average molecular weight is 263 g/mol. The Labute approximate surface area is 119 Å². The van der Waals surface area contributed by atoms with Gasteiger partial charge in [0.25, 0.3) is 0 Å². The van der Waals surface area contributed by atoms with E-state index in [2.05, 4.69) is 36.4 Å². The molecule has 0 N–H and O–H groups in total. The summed E-state index contributed by atoms with van der Waals surface area (Å²) in [4.78, 5) is 14.5. The van der Waals surface area contributed by atoms with E-state index < -0.39 is 0 Å². The van der Waals surface area contributed by atoms with Crippen molar-refractivity contribution in [1.82, 2.24) is 4.90 Å². The van der Waals surface area contributed by atoms with Crippen LogP contribution in [0.1, 0.15) is 30.0 Å². The smallest absolute Gasteiger partial charge is 0.232 e. The third kappa shape index (κ3) is 1.61. The highest BCUT2D eigenvalue weighted by molar-refractivity contribution is 5.93. The number of hydrogen-bond donors (Lipinski definition) is 0. The molecule has 0 bridgehead atoms. The van der Waals surface area contributed by atoms with E-state index in [1.807, 2.05) is 29.2 Å². The zero-order valence-electron chi connectivity index (χ0n) is 11.3. The van der Waals surface area contributed by atoms with Crippen molar-refractivity contribution in [2.24, 2.45) is 5.41 Å².